The lowest BCUT2D eigenvalue weighted by Gasteiger charge is -2.31. The molecular weight excluding hydrogens is 292 g/mol. The molecule has 0 spiro atoms. The fourth-order valence-corrected chi connectivity index (χ4v) is 1.80. The van der Waals surface area contributed by atoms with E-state index in [0.717, 1.165) is 6.92 Å². The van der Waals surface area contributed by atoms with Crippen LogP contribution < -0.4 is 0 Å². The molecule has 0 amide bonds. The summed E-state index contributed by atoms with van der Waals surface area (Å²) in [6, 6.07) is 0. The van der Waals surface area contributed by atoms with Crippen molar-refractivity contribution in [3.8, 4) is 0 Å². The van der Waals surface area contributed by atoms with E-state index in [9.17, 15) is 24.0 Å². The molecule has 0 aliphatic carbocycles. The van der Waals surface area contributed by atoms with Gasteiger partial charge >= 0.3 is 29.8 Å². The van der Waals surface area contributed by atoms with Crippen LogP contribution in [0.2, 0.25) is 0 Å². The summed E-state index contributed by atoms with van der Waals surface area (Å²) in [5.41, 5.74) is -3.11. The Bertz CT molecular complexity index is 465. The van der Waals surface area contributed by atoms with Gasteiger partial charge in [0, 0.05) is 0 Å². The molecule has 2 atom stereocenters. The number of rotatable bonds is 9. The molecule has 10 heteroatoms. The fourth-order valence-electron chi connectivity index (χ4n) is 1.80. The van der Waals surface area contributed by atoms with Gasteiger partial charge in [0.2, 0.25) is 0 Å². The van der Waals surface area contributed by atoms with Gasteiger partial charge in [-0.2, -0.15) is 0 Å². The van der Waals surface area contributed by atoms with Crippen LogP contribution >= 0.6 is 0 Å². The van der Waals surface area contributed by atoms with Crippen molar-refractivity contribution in [3.63, 3.8) is 0 Å². The third kappa shape index (κ3) is 3.91. The second-order valence-corrected chi connectivity index (χ2v) is 4.35. The number of aliphatic carboxylic acids is 5. The quantitative estimate of drug-likeness (QED) is 0.339. The number of hydrogen-bond donors (Lipinski definition) is 5. The van der Waals surface area contributed by atoms with E-state index in [1.54, 1.807) is 0 Å². The van der Waals surface area contributed by atoms with Gasteiger partial charge < -0.3 is 25.5 Å². The van der Waals surface area contributed by atoms with Crippen molar-refractivity contribution in [1.29, 1.82) is 0 Å². The fraction of sp³-hybridized carbons (Fsp3) is 0.455. The van der Waals surface area contributed by atoms with E-state index in [4.69, 9.17) is 25.5 Å². The predicted molar refractivity (Wildman–Crippen MR) is 62.2 cm³/mol. The molecule has 1 radical (unpaired) electrons. The molecule has 0 fully saturated rings. The van der Waals surface area contributed by atoms with Crippen molar-refractivity contribution in [2.24, 2.45) is 17.3 Å². The van der Waals surface area contributed by atoms with E-state index in [-0.39, 0.29) is 6.42 Å². The van der Waals surface area contributed by atoms with Crippen molar-refractivity contribution in [2.75, 3.05) is 0 Å². The zero-order valence-electron chi connectivity index (χ0n) is 10.7. The monoisotopic (exact) mass is 305 g/mol. The molecule has 0 saturated carbocycles. The second kappa shape index (κ2) is 6.68. The maximum Gasteiger partial charge on any atom is 0.322 e. The summed E-state index contributed by atoms with van der Waals surface area (Å²) in [5.74, 6) is -13.6. The van der Waals surface area contributed by atoms with Gasteiger partial charge in [-0.05, 0) is 6.42 Å². The largest absolute Gasteiger partial charge is 0.481 e. The highest BCUT2D eigenvalue weighted by Gasteiger charge is 2.58. The van der Waals surface area contributed by atoms with Crippen LogP contribution in [0.5, 0.6) is 0 Å². The van der Waals surface area contributed by atoms with Crippen molar-refractivity contribution in [3.05, 3.63) is 6.42 Å². The Morgan fingerprint density at radius 2 is 1.33 bits per heavy atom. The molecule has 0 aliphatic rings. The summed E-state index contributed by atoms with van der Waals surface area (Å²) in [5, 5.41) is 44.5. The third-order valence-corrected chi connectivity index (χ3v) is 2.92. The van der Waals surface area contributed by atoms with Crippen molar-refractivity contribution in [2.45, 2.75) is 13.3 Å². The van der Waals surface area contributed by atoms with Crippen molar-refractivity contribution in [1.82, 2.24) is 0 Å². The normalized spacial score (nSPS) is 14.0. The van der Waals surface area contributed by atoms with Gasteiger partial charge in [0.25, 0.3) is 0 Å². The molecule has 0 rings (SSSR count). The Morgan fingerprint density at radius 3 is 1.57 bits per heavy atom. The molecule has 0 bridgehead atoms. The molecule has 5 N–H and O–H groups in total. The van der Waals surface area contributed by atoms with Crippen LogP contribution in [-0.4, -0.2) is 55.4 Å². The molecule has 117 valence electrons. The topological polar surface area (TPSA) is 186 Å². The molecule has 0 aromatic heterocycles. The van der Waals surface area contributed by atoms with E-state index in [1.807, 2.05) is 0 Å². The second-order valence-electron chi connectivity index (χ2n) is 4.35. The zero-order chi connectivity index (χ0) is 17.0. The molecule has 10 nitrogen and oxygen atoms in total. The van der Waals surface area contributed by atoms with Gasteiger partial charge in [0.15, 0.2) is 5.41 Å². The molecule has 0 aromatic carbocycles. The van der Waals surface area contributed by atoms with Crippen LogP contribution in [0.25, 0.3) is 0 Å². The molecule has 2 unspecified atom stereocenters. The Balaban J connectivity index is 6.02. The first-order chi connectivity index (χ1) is 9.46. The van der Waals surface area contributed by atoms with E-state index >= 15 is 0 Å². The van der Waals surface area contributed by atoms with Crippen LogP contribution in [0.1, 0.15) is 13.3 Å². The van der Waals surface area contributed by atoms with Crippen molar-refractivity contribution < 1.29 is 49.5 Å². The van der Waals surface area contributed by atoms with Crippen LogP contribution in [0, 0.1) is 23.7 Å². The maximum absolute atomic E-state index is 11.3. The lowest BCUT2D eigenvalue weighted by Crippen LogP contribution is -2.51. The Kier molecular flexibility index (Phi) is 5.84. The molecule has 0 aromatic rings. The highest BCUT2D eigenvalue weighted by molar-refractivity contribution is 6.04. The van der Waals surface area contributed by atoms with Gasteiger partial charge in [-0.15, -0.1) is 0 Å². The molecular formula is C11H13O10. The van der Waals surface area contributed by atoms with E-state index in [0.29, 0.717) is 0 Å². The third-order valence-electron chi connectivity index (χ3n) is 2.92. The van der Waals surface area contributed by atoms with Gasteiger partial charge in [0.1, 0.15) is 0 Å². The standard InChI is InChI=1S/C11H13O10/c1-4(7(14)15)3-11(9(18)19,10(20)21)5(8(16)17)2-6(12)13/h2,4-5H,3H2,1H3,(H,12,13)(H,14,15)(H,16,17)(H,18,19)(H,20,21). The Labute approximate surface area is 117 Å². The summed E-state index contributed by atoms with van der Waals surface area (Å²) in [7, 11) is 0. The average Bonchev–Trinajstić information content (AvgIpc) is 2.31. The van der Waals surface area contributed by atoms with Crippen LogP contribution in [0.4, 0.5) is 0 Å². The number of carbonyl (C=O) groups is 5. The lowest BCUT2D eigenvalue weighted by atomic mass is 9.68. The first kappa shape index (κ1) is 18.4. The smallest absolute Gasteiger partial charge is 0.322 e. The SMILES string of the molecule is CC(CC(C(=O)O)(C(=O)O)C([CH]C(=O)O)C(=O)O)C(=O)O. The minimum Gasteiger partial charge on any atom is -0.481 e. The summed E-state index contributed by atoms with van der Waals surface area (Å²) in [6.45, 7) is 0.989. The number of hydrogen-bond acceptors (Lipinski definition) is 5. The zero-order valence-corrected chi connectivity index (χ0v) is 10.7. The minimum absolute atomic E-state index is 0.0130. The van der Waals surface area contributed by atoms with E-state index in [1.165, 1.54) is 0 Å². The molecule has 0 aliphatic heterocycles. The van der Waals surface area contributed by atoms with Gasteiger partial charge in [-0.3, -0.25) is 24.0 Å². The summed E-state index contributed by atoms with van der Waals surface area (Å²) in [6.07, 6.45) is -1.08. The van der Waals surface area contributed by atoms with Crippen LogP contribution in [0.15, 0.2) is 0 Å². The number of carboxylic acids is 5. The summed E-state index contributed by atoms with van der Waals surface area (Å²) < 4.78 is 0. The van der Waals surface area contributed by atoms with Crippen LogP contribution in [-0.2, 0) is 24.0 Å². The van der Waals surface area contributed by atoms with E-state index in [2.05, 4.69) is 0 Å². The van der Waals surface area contributed by atoms with E-state index < -0.39 is 53.5 Å². The number of carboxylic acid groups (broad SMARTS) is 5. The lowest BCUT2D eigenvalue weighted by molar-refractivity contribution is -0.177. The molecule has 0 heterocycles. The molecule has 21 heavy (non-hydrogen) atoms. The Hall–Kier alpha value is -2.65. The highest BCUT2D eigenvalue weighted by Crippen LogP contribution is 2.38. The van der Waals surface area contributed by atoms with Gasteiger partial charge in [0.05, 0.1) is 18.3 Å². The first-order valence-electron chi connectivity index (χ1n) is 5.47. The summed E-state index contributed by atoms with van der Waals surface area (Å²) in [4.78, 5) is 55.1. The van der Waals surface area contributed by atoms with Gasteiger partial charge in [-0.25, -0.2) is 0 Å². The highest BCUT2D eigenvalue weighted by atomic mass is 16.4. The van der Waals surface area contributed by atoms with Crippen molar-refractivity contribution >= 4 is 29.8 Å². The first-order valence-corrected chi connectivity index (χ1v) is 5.47. The van der Waals surface area contributed by atoms with Crippen LogP contribution in [0.3, 0.4) is 0 Å². The predicted octanol–water partition coefficient (Wildman–Crippen LogP) is -0.758. The Morgan fingerprint density at radius 1 is 0.905 bits per heavy atom. The van der Waals surface area contributed by atoms with Gasteiger partial charge in [-0.1, -0.05) is 6.92 Å². The summed E-state index contributed by atoms with van der Waals surface area (Å²) >= 11 is 0. The maximum atomic E-state index is 11.3. The minimum atomic E-state index is -3.11. The average molecular weight is 305 g/mol. The molecule has 0 saturated heterocycles.